The van der Waals surface area contributed by atoms with Crippen LogP contribution in [0.2, 0.25) is 0 Å². The van der Waals surface area contributed by atoms with Gasteiger partial charge in [0.1, 0.15) is 5.01 Å². The summed E-state index contributed by atoms with van der Waals surface area (Å²) >= 11 is 1.56. The van der Waals surface area contributed by atoms with Crippen LogP contribution in [0.4, 0.5) is 0 Å². The number of benzene rings is 2. The van der Waals surface area contributed by atoms with Crippen molar-refractivity contribution in [1.29, 1.82) is 0 Å². The number of nitrogens with zero attached hydrogens (tertiary/aromatic N) is 3. The Bertz CT molecular complexity index is 1030. The smallest absolute Gasteiger partial charge is 0.254 e. The van der Waals surface area contributed by atoms with Crippen molar-refractivity contribution in [3.05, 3.63) is 107 Å². The maximum Gasteiger partial charge on any atom is 0.254 e. The highest BCUT2D eigenvalue weighted by atomic mass is 32.1. The van der Waals surface area contributed by atoms with Gasteiger partial charge in [-0.3, -0.25) is 9.78 Å². The lowest BCUT2D eigenvalue weighted by molar-refractivity contribution is 0.0730. The molecule has 4 nitrogen and oxygen atoms in total. The zero-order valence-corrected chi connectivity index (χ0v) is 16.0. The number of carbonyl (C=O) groups is 1. The van der Waals surface area contributed by atoms with E-state index in [1.807, 2.05) is 40.6 Å². The van der Waals surface area contributed by atoms with Crippen LogP contribution < -0.4 is 0 Å². The second-order valence-electron chi connectivity index (χ2n) is 6.35. The number of pyridine rings is 1. The molecule has 2 aromatic heterocycles. The van der Waals surface area contributed by atoms with E-state index in [0.717, 1.165) is 21.7 Å². The van der Waals surface area contributed by atoms with Crippen LogP contribution in [-0.4, -0.2) is 20.8 Å². The largest absolute Gasteiger partial charge is 0.328 e. The van der Waals surface area contributed by atoms with Crippen molar-refractivity contribution in [3.63, 3.8) is 0 Å². The van der Waals surface area contributed by atoms with Gasteiger partial charge in [-0.25, -0.2) is 4.98 Å². The average Bonchev–Trinajstić information content (AvgIpc) is 3.27. The average molecular weight is 385 g/mol. The molecule has 0 saturated carbocycles. The first-order chi connectivity index (χ1) is 13.8. The van der Waals surface area contributed by atoms with Crippen LogP contribution in [-0.2, 0) is 13.1 Å². The highest BCUT2D eigenvalue weighted by Crippen LogP contribution is 2.26. The van der Waals surface area contributed by atoms with Gasteiger partial charge in [-0.05, 0) is 28.8 Å². The molecule has 28 heavy (non-hydrogen) atoms. The van der Waals surface area contributed by atoms with Crippen molar-refractivity contribution in [2.75, 3.05) is 0 Å². The van der Waals surface area contributed by atoms with Gasteiger partial charge in [0, 0.05) is 36.1 Å². The monoisotopic (exact) mass is 385 g/mol. The fraction of sp³-hybridized carbons (Fsp3) is 0.0870. The molecule has 2 aromatic carbocycles. The highest BCUT2D eigenvalue weighted by Gasteiger charge is 2.19. The predicted molar refractivity (Wildman–Crippen MR) is 112 cm³/mol. The lowest BCUT2D eigenvalue weighted by Gasteiger charge is -2.23. The minimum atomic E-state index is -0.0273. The summed E-state index contributed by atoms with van der Waals surface area (Å²) < 4.78 is 0. The maximum absolute atomic E-state index is 13.2. The third-order valence-electron chi connectivity index (χ3n) is 4.49. The Kier molecular flexibility index (Phi) is 5.54. The molecule has 0 bridgehead atoms. The second kappa shape index (κ2) is 8.59. The van der Waals surface area contributed by atoms with Crippen molar-refractivity contribution in [2.24, 2.45) is 0 Å². The number of thiazole rings is 1. The summed E-state index contributed by atoms with van der Waals surface area (Å²) in [6, 6.07) is 22.0. The Morgan fingerprint density at radius 3 is 2.36 bits per heavy atom. The van der Waals surface area contributed by atoms with Crippen molar-refractivity contribution in [3.8, 4) is 11.1 Å². The van der Waals surface area contributed by atoms with Gasteiger partial charge in [0.25, 0.3) is 5.91 Å². The molecule has 5 heteroatoms. The fourth-order valence-corrected chi connectivity index (χ4v) is 3.76. The van der Waals surface area contributed by atoms with Gasteiger partial charge in [0.05, 0.1) is 6.54 Å². The van der Waals surface area contributed by atoms with Gasteiger partial charge < -0.3 is 4.90 Å². The molecular formula is C23H19N3OS. The normalized spacial score (nSPS) is 10.6. The zero-order valence-electron chi connectivity index (χ0n) is 15.2. The number of hydrogen-bond donors (Lipinski definition) is 0. The number of hydrogen-bond acceptors (Lipinski definition) is 4. The van der Waals surface area contributed by atoms with Crippen LogP contribution >= 0.6 is 11.3 Å². The van der Waals surface area contributed by atoms with Crippen LogP contribution in [0, 0.1) is 0 Å². The molecule has 0 saturated heterocycles. The molecule has 0 aliphatic rings. The Morgan fingerprint density at radius 1 is 0.857 bits per heavy atom. The molecule has 138 valence electrons. The van der Waals surface area contributed by atoms with Gasteiger partial charge in [0.15, 0.2) is 0 Å². The fourth-order valence-electron chi connectivity index (χ4n) is 3.13. The van der Waals surface area contributed by atoms with Crippen molar-refractivity contribution in [2.45, 2.75) is 13.1 Å². The molecule has 4 aromatic rings. The summed E-state index contributed by atoms with van der Waals surface area (Å²) in [5.74, 6) is -0.0273. The predicted octanol–water partition coefficient (Wildman–Crippen LogP) is 5.05. The van der Waals surface area contributed by atoms with E-state index in [1.165, 1.54) is 0 Å². The van der Waals surface area contributed by atoms with E-state index < -0.39 is 0 Å². The molecule has 1 amide bonds. The third-order valence-corrected chi connectivity index (χ3v) is 5.25. The minimum absolute atomic E-state index is 0.0273. The summed E-state index contributed by atoms with van der Waals surface area (Å²) in [5.41, 5.74) is 4.01. The summed E-state index contributed by atoms with van der Waals surface area (Å²) in [4.78, 5) is 23.4. The first-order valence-corrected chi connectivity index (χ1v) is 9.90. The SMILES string of the molecule is O=C(c1ccncc1)N(Cc1nccs1)Cc1ccccc1-c1ccccc1. The zero-order chi connectivity index (χ0) is 19.2. The van der Waals surface area contributed by atoms with E-state index in [4.69, 9.17) is 0 Å². The van der Waals surface area contributed by atoms with Gasteiger partial charge >= 0.3 is 0 Å². The third kappa shape index (κ3) is 4.15. The van der Waals surface area contributed by atoms with Gasteiger partial charge in [-0.15, -0.1) is 11.3 Å². The molecule has 0 N–H and O–H groups in total. The van der Waals surface area contributed by atoms with E-state index in [1.54, 1.807) is 42.1 Å². The minimum Gasteiger partial charge on any atom is -0.328 e. The number of carbonyl (C=O) groups excluding carboxylic acids is 1. The quantitative estimate of drug-likeness (QED) is 0.467. The van der Waals surface area contributed by atoms with E-state index in [9.17, 15) is 4.79 Å². The van der Waals surface area contributed by atoms with E-state index in [0.29, 0.717) is 18.7 Å². The first kappa shape index (κ1) is 18.1. The van der Waals surface area contributed by atoms with Crippen LogP contribution in [0.1, 0.15) is 20.9 Å². The molecular weight excluding hydrogens is 366 g/mol. The summed E-state index contributed by atoms with van der Waals surface area (Å²) in [5, 5.41) is 2.85. The van der Waals surface area contributed by atoms with Crippen molar-refractivity contribution < 1.29 is 4.79 Å². The standard InChI is InChI=1S/C23H19N3OS/c27-23(19-10-12-24-13-11-19)26(17-22-25-14-15-28-22)16-20-8-4-5-9-21(20)18-6-2-1-3-7-18/h1-15H,16-17H2. The van der Waals surface area contributed by atoms with Crippen LogP contribution in [0.25, 0.3) is 11.1 Å². The van der Waals surface area contributed by atoms with Crippen LogP contribution in [0.5, 0.6) is 0 Å². The van der Waals surface area contributed by atoms with E-state index in [-0.39, 0.29) is 5.91 Å². The Hall–Kier alpha value is -3.31. The Morgan fingerprint density at radius 2 is 1.61 bits per heavy atom. The van der Waals surface area contributed by atoms with Crippen LogP contribution in [0.3, 0.4) is 0 Å². The number of amides is 1. The van der Waals surface area contributed by atoms with E-state index in [2.05, 4.69) is 34.2 Å². The molecule has 4 rings (SSSR count). The van der Waals surface area contributed by atoms with Crippen LogP contribution in [0.15, 0.2) is 90.7 Å². The van der Waals surface area contributed by atoms with Crippen molar-refractivity contribution in [1.82, 2.24) is 14.9 Å². The Labute approximate surface area is 168 Å². The van der Waals surface area contributed by atoms with Crippen molar-refractivity contribution >= 4 is 17.2 Å². The van der Waals surface area contributed by atoms with Gasteiger partial charge in [-0.1, -0.05) is 54.6 Å². The molecule has 0 aliphatic heterocycles. The molecule has 0 unspecified atom stereocenters. The van der Waals surface area contributed by atoms with Gasteiger partial charge in [0.2, 0.25) is 0 Å². The topological polar surface area (TPSA) is 46.1 Å². The highest BCUT2D eigenvalue weighted by molar-refractivity contribution is 7.09. The molecule has 0 radical (unpaired) electrons. The Balaban J connectivity index is 1.68. The van der Waals surface area contributed by atoms with E-state index >= 15 is 0 Å². The van der Waals surface area contributed by atoms with Gasteiger partial charge in [-0.2, -0.15) is 0 Å². The first-order valence-electron chi connectivity index (χ1n) is 9.02. The second-order valence-corrected chi connectivity index (χ2v) is 7.33. The molecule has 0 atom stereocenters. The lowest BCUT2D eigenvalue weighted by Crippen LogP contribution is -2.30. The lowest BCUT2D eigenvalue weighted by atomic mass is 9.99. The molecule has 0 aliphatic carbocycles. The summed E-state index contributed by atoms with van der Waals surface area (Å²) in [7, 11) is 0. The molecule has 0 spiro atoms. The summed E-state index contributed by atoms with van der Waals surface area (Å²) in [6.07, 6.45) is 5.06. The summed E-state index contributed by atoms with van der Waals surface area (Å²) in [6.45, 7) is 0.980. The number of aromatic nitrogens is 2. The maximum atomic E-state index is 13.2. The number of rotatable bonds is 6. The molecule has 0 fully saturated rings. The molecule has 2 heterocycles.